The molecule has 0 saturated carbocycles. The van der Waals surface area contributed by atoms with Gasteiger partial charge in [0.2, 0.25) is 11.8 Å². The van der Waals surface area contributed by atoms with Gasteiger partial charge in [0.05, 0.1) is 12.6 Å². The van der Waals surface area contributed by atoms with Crippen LogP contribution in [-0.4, -0.2) is 36.4 Å². The second-order valence-electron chi connectivity index (χ2n) is 5.44. The minimum atomic E-state index is -0.433. The molecule has 1 aromatic rings. The molecule has 21 heavy (non-hydrogen) atoms. The van der Waals surface area contributed by atoms with E-state index in [0.717, 1.165) is 0 Å². The zero-order valence-corrected chi connectivity index (χ0v) is 11.8. The molecule has 6 heteroatoms. The minimum Gasteiger partial charge on any atom is -0.493 e. The highest BCUT2D eigenvalue weighted by atomic mass is 19.1. The summed E-state index contributed by atoms with van der Waals surface area (Å²) in [4.78, 5) is 25.3. The zero-order chi connectivity index (χ0) is 15.0. The van der Waals surface area contributed by atoms with Gasteiger partial charge in [-0.3, -0.25) is 9.59 Å². The molecule has 0 aromatic heterocycles. The van der Waals surface area contributed by atoms with Crippen LogP contribution in [0.2, 0.25) is 0 Å². The number of ether oxygens (including phenoxy) is 1. The number of amides is 2. The lowest BCUT2D eigenvalue weighted by atomic mass is 10.00. The summed E-state index contributed by atoms with van der Waals surface area (Å²) in [6.45, 7) is 0.475. The van der Waals surface area contributed by atoms with Gasteiger partial charge in [-0.1, -0.05) is 0 Å². The number of halogens is 1. The number of likely N-dealkylation sites (tertiary alicyclic amines) is 1. The predicted octanol–water partition coefficient (Wildman–Crippen LogP) is 1.39. The summed E-state index contributed by atoms with van der Waals surface area (Å²) in [6, 6.07) is 3.60. The van der Waals surface area contributed by atoms with Crippen molar-refractivity contribution in [2.45, 2.75) is 31.3 Å². The van der Waals surface area contributed by atoms with Crippen LogP contribution in [0.1, 0.15) is 30.9 Å². The molecule has 0 aliphatic carbocycles. The maximum Gasteiger partial charge on any atom is 0.243 e. The predicted molar refractivity (Wildman–Crippen MR) is 73.2 cm³/mol. The van der Waals surface area contributed by atoms with Gasteiger partial charge in [-0.2, -0.15) is 0 Å². The first-order valence-electron chi connectivity index (χ1n) is 7.04. The Kier molecular flexibility index (Phi) is 3.53. The van der Waals surface area contributed by atoms with Crippen molar-refractivity contribution in [3.63, 3.8) is 0 Å². The number of rotatable bonds is 2. The van der Waals surface area contributed by atoms with E-state index in [2.05, 4.69) is 5.32 Å². The Bertz CT molecular complexity index is 590. The molecule has 1 saturated heterocycles. The third-order valence-electron chi connectivity index (χ3n) is 4.12. The van der Waals surface area contributed by atoms with Crippen LogP contribution in [0.5, 0.6) is 5.75 Å². The van der Waals surface area contributed by atoms with Gasteiger partial charge < -0.3 is 15.0 Å². The molecule has 2 atom stereocenters. The van der Waals surface area contributed by atoms with Crippen LogP contribution < -0.4 is 10.1 Å². The van der Waals surface area contributed by atoms with Gasteiger partial charge in [0, 0.05) is 25.5 Å². The van der Waals surface area contributed by atoms with E-state index in [1.165, 1.54) is 17.0 Å². The van der Waals surface area contributed by atoms with Gasteiger partial charge >= 0.3 is 0 Å². The van der Waals surface area contributed by atoms with Gasteiger partial charge in [-0.05, 0) is 24.6 Å². The van der Waals surface area contributed by atoms with Crippen molar-refractivity contribution in [2.24, 2.45) is 0 Å². The average Bonchev–Trinajstić information content (AvgIpc) is 2.80. The van der Waals surface area contributed by atoms with Crippen LogP contribution >= 0.6 is 0 Å². The Morgan fingerprint density at radius 1 is 1.43 bits per heavy atom. The Hall–Kier alpha value is -2.11. The highest BCUT2D eigenvalue weighted by Crippen LogP contribution is 2.32. The summed E-state index contributed by atoms with van der Waals surface area (Å²) in [7, 11) is 1.64. The molecular weight excluding hydrogens is 275 g/mol. The lowest BCUT2D eigenvalue weighted by molar-refractivity contribution is -0.134. The number of nitrogens with zero attached hydrogens (tertiary/aromatic N) is 1. The molecule has 3 rings (SSSR count). The second kappa shape index (κ2) is 5.35. The molecule has 0 radical (unpaired) electrons. The summed E-state index contributed by atoms with van der Waals surface area (Å²) >= 11 is 0. The molecule has 0 bridgehead atoms. The topological polar surface area (TPSA) is 58.6 Å². The van der Waals surface area contributed by atoms with E-state index in [0.29, 0.717) is 37.2 Å². The van der Waals surface area contributed by atoms with E-state index in [1.807, 2.05) is 0 Å². The summed E-state index contributed by atoms with van der Waals surface area (Å²) in [5.41, 5.74) is 0.654. The second-order valence-corrected chi connectivity index (χ2v) is 5.44. The molecule has 2 heterocycles. The SMILES string of the molecule is CN1C(=O)CC[C@@H]1C(=O)N[C@H]1CCOc2ccc(F)cc21. The van der Waals surface area contributed by atoms with Crippen LogP contribution in [-0.2, 0) is 9.59 Å². The molecular formula is C15H17FN2O3. The van der Waals surface area contributed by atoms with Gasteiger partial charge in [0.1, 0.15) is 17.6 Å². The van der Waals surface area contributed by atoms with Gasteiger partial charge in [-0.25, -0.2) is 4.39 Å². The average molecular weight is 292 g/mol. The Morgan fingerprint density at radius 3 is 2.95 bits per heavy atom. The fourth-order valence-corrected chi connectivity index (χ4v) is 2.89. The van der Waals surface area contributed by atoms with E-state index in [-0.39, 0.29) is 23.7 Å². The summed E-state index contributed by atoms with van der Waals surface area (Å²) in [5.74, 6) is 0.0366. The number of hydrogen-bond acceptors (Lipinski definition) is 3. The monoisotopic (exact) mass is 292 g/mol. The van der Waals surface area contributed by atoms with Crippen LogP contribution in [0.15, 0.2) is 18.2 Å². The largest absolute Gasteiger partial charge is 0.493 e. The fourth-order valence-electron chi connectivity index (χ4n) is 2.89. The van der Waals surface area contributed by atoms with Gasteiger partial charge in [0.25, 0.3) is 0 Å². The van der Waals surface area contributed by atoms with Crippen LogP contribution in [0.4, 0.5) is 4.39 Å². The molecule has 2 aliphatic rings. The third kappa shape index (κ3) is 2.57. The number of likely N-dealkylation sites (N-methyl/N-ethyl adjacent to an activating group) is 1. The van der Waals surface area contributed by atoms with E-state index < -0.39 is 6.04 Å². The van der Waals surface area contributed by atoms with Gasteiger partial charge in [-0.15, -0.1) is 0 Å². The van der Waals surface area contributed by atoms with Crippen LogP contribution in [0.3, 0.4) is 0 Å². The van der Waals surface area contributed by atoms with Gasteiger partial charge in [0.15, 0.2) is 0 Å². The highest BCUT2D eigenvalue weighted by molar-refractivity contribution is 5.90. The van der Waals surface area contributed by atoms with Crippen molar-refractivity contribution in [1.29, 1.82) is 0 Å². The molecule has 0 spiro atoms. The van der Waals surface area contributed by atoms with Crippen molar-refractivity contribution in [2.75, 3.05) is 13.7 Å². The highest BCUT2D eigenvalue weighted by Gasteiger charge is 2.35. The van der Waals surface area contributed by atoms with Crippen molar-refractivity contribution in [3.05, 3.63) is 29.6 Å². The lowest BCUT2D eigenvalue weighted by Crippen LogP contribution is -2.44. The first-order valence-corrected chi connectivity index (χ1v) is 7.04. The third-order valence-corrected chi connectivity index (χ3v) is 4.12. The normalized spacial score (nSPS) is 24.5. The fraction of sp³-hybridized carbons (Fsp3) is 0.467. The van der Waals surface area contributed by atoms with E-state index in [1.54, 1.807) is 13.1 Å². The zero-order valence-electron chi connectivity index (χ0n) is 11.8. The number of nitrogens with one attached hydrogen (secondary N) is 1. The van der Waals surface area contributed by atoms with Crippen molar-refractivity contribution >= 4 is 11.8 Å². The number of benzene rings is 1. The van der Waals surface area contributed by atoms with Crippen molar-refractivity contribution in [3.8, 4) is 5.75 Å². The van der Waals surface area contributed by atoms with E-state index in [4.69, 9.17) is 4.74 Å². The van der Waals surface area contributed by atoms with Crippen molar-refractivity contribution in [1.82, 2.24) is 10.2 Å². The molecule has 0 unspecified atom stereocenters. The number of carbonyl (C=O) groups is 2. The number of hydrogen-bond donors (Lipinski definition) is 1. The van der Waals surface area contributed by atoms with E-state index in [9.17, 15) is 14.0 Å². The molecule has 2 aliphatic heterocycles. The smallest absolute Gasteiger partial charge is 0.243 e. The number of carbonyl (C=O) groups excluding carboxylic acids is 2. The van der Waals surface area contributed by atoms with Crippen molar-refractivity contribution < 1.29 is 18.7 Å². The minimum absolute atomic E-state index is 0.0198. The maximum absolute atomic E-state index is 13.4. The quantitative estimate of drug-likeness (QED) is 0.896. The van der Waals surface area contributed by atoms with E-state index >= 15 is 0 Å². The maximum atomic E-state index is 13.4. The molecule has 112 valence electrons. The lowest BCUT2D eigenvalue weighted by Gasteiger charge is -2.28. The summed E-state index contributed by atoms with van der Waals surface area (Å²) in [6.07, 6.45) is 1.51. The number of fused-ring (bicyclic) bond motifs is 1. The summed E-state index contributed by atoms with van der Waals surface area (Å²) < 4.78 is 18.9. The standard InChI is InChI=1S/C15H17FN2O3/c1-18-12(3-5-14(18)19)15(20)17-11-6-7-21-13-4-2-9(16)8-10(11)13/h2,4,8,11-12H,3,5-7H2,1H3,(H,17,20)/t11-,12+/m0/s1. The van der Waals surface area contributed by atoms with Crippen LogP contribution in [0, 0.1) is 5.82 Å². The molecule has 1 fully saturated rings. The summed E-state index contributed by atoms with van der Waals surface area (Å²) in [5, 5.41) is 2.92. The molecule has 1 N–H and O–H groups in total. The molecule has 1 aromatic carbocycles. The van der Waals surface area contributed by atoms with Crippen LogP contribution in [0.25, 0.3) is 0 Å². The Balaban J connectivity index is 1.76. The first kappa shape index (κ1) is 13.9. The molecule has 5 nitrogen and oxygen atoms in total. The molecule has 2 amide bonds. The Labute approximate surface area is 122 Å². The Morgan fingerprint density at radius 2 is 2.24 bits per heavy atom. The first-order chi connectivity index (χ1) is 10.1.